The van der Waals surface area contributed by atoms with E-state index in [4.69, 9.17) is 5.73 Å². The van der Waals surface area contributed by atoms with Crippen LogP contribution in [0.15, 0.2) is 24.3 Å². The zero-order valence-corrected chi connectivity index (χ0v) is 15.4. The molecule has 3 rings (SSSR count). The van der Waals surface area contributed by atoms with Crippen LogP contribution in [0.4, 0.5) is 0 Å². The second-order valence-electron chi connectivity index (χ2n) is 8.19. The van der Waals surface area contributed by atoms with Gasteiger partial charge < -0.3 is 5.73 Å². The highest BCUT2D eigenvalue weighted by Crippen LogP contribution is 2.40. The maximum absolute atomic E-state index is 12.8. The van der Waals surface area contributed by atoms with E-state index in [9.17, 15) is 9.59 Å². The lowest BCUT2D eigenvalue weighted by molar-refractivity contribution is -0.127. The lowest BCUT2D eigenvalue weighted by atomic mass is 9.68. The topological polar surface area (TPSA) is 60.2 Å². The molecule has 3 unspecified atom stereocenters. The summed E-state index contributed by atoms with van der Waals surface area (Å²) in [4.78, 5) is 24.4. The van der Waals surface area contributed by atoms with Gasteiger partial charge >= 0.3 is 0 Å². The molecule has 1 amide bonds. The van der Waals surface area contributed by atoms with E-state index in [2.05, 4.69) is 6.92 Å². The van der Waals surface area contributed by atoms with Crippen LogP contribution in [0.1, 0.15) is 74.2 Å². The molecule has 0 radical (unpaired) electrons. The Balaban J connectivity index is 1.60. The first-order chi connectivity index (χ1) is 12.1. The first-order valence-electron chi connectivity index (χ1n) is 9.96. The monoisotopic (exact) mass is 341 g/mol. The molecule has 0 aromatic heterocycles. The summed E-state index contributed by atoms with van der Waals surface area (Å²) in [6.07, 6.45) is 10.3. The van der Waals surface area contributed by atoms with Crippen molar-refractivity contribution in [1.29, 1.82) is 0 Å². The van der Waals surface area contributed by atoms with Crippen LogP contribution in [0.5, 0.6) is 0 Å². The second kappa shape index (κ2) is 8.16. The Morgan fingerprint density at radius 3 is 2.48 bits per heavy atom. The quantitative estimate of drug-likeness (QED) is 0.855. The molecule has 1 aromatic rings. The number of hydrogen-bond donors (Lipinski definition) is 1. The van der Waals surface area contributed by atoms with E-state index in [0.717, 1.165) is 30.7 Å². The van der Waals surface area contributed by atoms with Crippen LogP contribution in [0.25, 0.3) is 0 Å². The fourth-order valence-electron chi connectivity index (χ4n) is 5.02. The molecule has 3 heteroatoms. The van der Waals surface area contributed by atoms with Crippen LogP contribution in [0.2, 0.25) is 0 Å². The number of carbonyl (C=O) groups excluding carboxylic acids is 2. The van der Waals surface area contributed by atoms with E-state index >= 15 is 0 Å². The summed E-state index contributed by atoms with van der Waals surface area (Å²) >= 11 is 0. The summed E-state index contributed by atoms with van der Waals surface area (Å²) in [5.74, 6) is 2.08. The summed E-state index contributed by atoms with van der Waals surface area (Å²) in [6, 6.07) is 7.44. The predicted molar refractivity (Wildman–Crippen MR) is 100 cm³/mol. The van der Waals surface area contributed by atoms with Gasteiger partial charge in [0.2, 0.25) is 5.91 Å². The summed E-state index contributed by atoms with van der Waals surface area (Å²) in [6.45, 7) is 2.37. The highest BCUT2D eigenvalue weighted by Gasteiger charge is 2.34. The molecule has 0 saturated heterocycles. The number of ketones is 1. The van der Waals surface area contributed by atoms with Crippen LogP contribution < -0.4 is 5.73 Å². The van der Waals surface area contributed by atoms with E-state index in [1.807, 2.05) is 18.2 Å². The van der Waals surface area contributed by atoms with Gasteiger partial charge in [-0.15, -0.1) is 0 Å². The number of rotatable bonds is 5. The Bertz CT molecular complexity index is 618. The molecule has 0 aliphatic heterocycles. The van der Waals surface area contributed by atoms with Crippen molar-refractivity contribution in [2.75, 3.05) is 0 Å². The number of carbonyl (C=O) groups is 2. The third kappa shape index (κ3) is 4.31. The minimum absolute atomic E-state index is 0.0512. The molecule has 25 heavy (non-hydrogen) atoms. The summed E-state index contributed by atoms with van der Waals surface area (Å²) < 4.78 is 0. The van der Waals surface area contributed by atoms with Gasteiger partial charge in [0.05, 0.1) is 0 Å². The van der Waals surface area contributed by atoms with E-state index in [0.29, 0.717) is 29.6 Å². The van der Waals surface area contributed by atoms with Crippen molar-refractivity contribution in [2.45, 2.75) is 64.7 Å². The van der Waals surface area contributed by atoms with E-state index in [1.54, 1.807) is 6.07 Å². The predicted octanol–water partition coefficient (Wildman–Crippen LogP) is 4.53. The van der Waals surface area contributed by atoms with Crippen LogP contribution >= 0.6 is 0 Å². The van der Waals surface area contributed by atoms with E-state index in [-0.39, 0.29) is 5.92 Å². The molecular formula is C22H31NO2. The van der Waals surface area contributed by atoms with Crippen LogP contribution in [0, 0.1) is 23.7 Å². The molecule has 3 nitrogen and oxygen atoms in total. The minimum Gasteiger partial charge on any atom is -0.366 e. The summed E-state index contributed by atoms with van der Waals surface area (Å²) in [5, 5.41) is 0. The SMILES string of the molecule is CC(C1CCCCC1)C1CCC(Cc2ccccc2C(N)=O)C(=O)C1. The molecule has 2 aliphatic rings. The van der Waals surface area contributed by atoms with Crippen LogP contribution in [-0.2, 0) is 11.2 Å². The molecule has 2 saturated carbocycles. The molecule has 0 spiro atoms. The van der Waals surface area contributed by atoms with Gasteiger partial charge in [0.1, 0.15) is 5.78 Å². The van der Waals surface area contributed by atoms with Crippen molar-refractivity contribution in [2.24, 2.45) is 29.4 Å². The van der Waals surface area contributed by atoms with Gasteiger partial charge in [-0.05, 0) is 48.6 Å². The fraction of sp³-hybridized carbons (Fsp3) is 0.636. The van der Waals surface area contributed by atoms with Crippen molar-refractivity contribution in [3.05, 3.63) is 35.4 Å². The average molecular weight is 341 g/mol. The van der Waals surface area contributed by atoms with Crippen molar-refractivity contribution < 1.29 is 9.59 Å². The number of hydrogen-bond acceptors (Lipinski definition) is 2. The molecule has 1 aromatic carbocycles. The Morgan fingerprint density at radius 1 is 1.08 bits per heavy atom. The normalized spacial score (nSPS) is 26.4. The van der Waals surface area contributed by atoms with Gasteiger partial charge in [-0.1, -0.05) is 57.2 Å². The Kier molecular flexibility index (Phi) is 5.93. The first kappa shape index (κ1) is 18.2. The number of nitrogens with two attached hydrogens (primary N) is 1. The van der Waals surface area contributed by atoms with Gasteiger partial charge in [-0.25, -0.2) is 0 Å². The van der Waals surface area contributed by atoms with E-state index in [1.165, 1.54) is 32.1 Å². The minimum atomic E-state index is -0.400. The lowest BCUT2D eigenvalue weighted by Gasteiger charge is -2.37. The molecule has 0 heterocycles. The van der Waals surface area contributed by atoms with Gasteiger partial charge in [0, 0.05) is 17.9 Å². The van der Waals surface area contributed by atoms with Gasteiger partial charge in [0.15, 0.2) is 0 Å². The number of primary amides is 1. The zero-order chi connectivity index (χ0) is 17.8. The largest absolute Gasteiger partial charge is 0.366 e. The molecule has 136 valence electrons. The maximum Gasteiger partial charge on any atom is 0.248 e. The molecule has 3 atom stereocenters. The summed E-state index contributed by atoms with van der Waals surface area (Å²) in [7, 11) is 0. The molecule has 2 N–H and O–H groups in total. The maximum atomic E-state index is 12.8. The van der Waals surface area contributed by atoms with Crippen molar-refractivity contribution in [3.63, 3.8) is 0 Å². The average Bonchev–Trinajstić information content (AvgIpc) is 2.64. The number of benzene rings is 1. The second-order valence-corrected chi connectivity index (χ2v) is 8.19. The fourth-order valence-corrected chi connectivity index (χ4v) is 5.02. The van der Waals surface area contributed by atoms with Crippen molar-refractivity contribution in [1.82, 2.24) is 0 Å². The van der Waals surface area contributed by atoms with Gasteiger partial charge in [-0.2, -0.15) is 0 Å². The molecule has 2 fully saturated rings. The molecule has 0 bridgehead atoms. The molecule has 2 aliphatic carbocycles. The van der Waals surface area contributed by atoms with Crippen molar-refractivity contribution >= 4 is 11.7 Å². The van der Waals surface area contributed by atoms with Gasteiger partial charge in [-0.3, -0.25) is 9.59 Å². The van der Waals surface area contributed by atoms with Crippen LogP contribution in [0.3, 0.4) is 0 Å². The Morgan fingerprint density at radius 2 is 1.80 bits per heavy atom. The zero-order valence-electron chi connectivity index (χ0n) is 15.4. The third-order valence-electron chi connectivity index (χ3n) is 6.69. The Hall–Kier alpha value is -1.64. The van der Waals surface area contributed by atoms with Crippen molar-refractivity contribution in [3.8, 4) is 0 Å². The highest BCUT2D eigenvalue weighted by molar-refractivity contribution is 5.94. The van der Waals surface area contributed by atoms with Crippen LogP contribution in [-0.4, -0.2) is 11.7 Å². The third-order valence-corrected chi connectivity index (χ3v) is 6.69. The highest BCUT2D eigenvalue weighted by atomic mass is 16.1. The number of amides is 1. The number of Topliss-reactive ketones (excluding diaryl/α,β-unsaturated/α-hetero) is 1. The smallest absolute Gasteiger partial charge is 0.248 e. The van der Waals surface area contributed by atoms with Gasteiger partial charge in [0.25, 0.3) is 0 Å². The standard InChI is InChI=1S/C22H31NO2/c1-15(16-7-3-2-4-8-16)17-11-12-19(21(24)14-17)13-18-9-5-6-10-20(18)22(23)25/h5-6,9-10,15-17,19H,2-4,7-8,11-14H2,1H3,(H2,23,25). The first-order valence-corrected chi connectivity index (χ1v) is 9.96. The molecular weight excluding hydrogens is 310 g/mol. The Labute approximate surface area is 151 Å². The lowest BCUT2D eigenvalue weighted by Crippen LogP contribution is -2.33. The van der Waals surface area contributed by atoms with E-state index < -0.39 is 5.91 Å². The summed E-state index contributed by atoms with van der Waals surface area (Å²) in [5.41, 5.74) is 6.96.